The van der Waals surface area contributed by atoms with E-state index in [1.54, 1.807) is 0 Å². The van der Waals surface area contributed by atoms with Gasteiger partial charge in [-0.05, 0) is 31.7 Å². The van der Waals surface area contributed by atoms with E-state index in [0.717, 1.165) is 5.56 Å². The van der Waals surface area contributed by atoms with E-state index in [1.165, 1.54) is 0 Å². The van der Waals surface area contributed by atoms with Crippen LogP contribution in [0.1, 0.15) is 31.4 Å². The highest BCUT2D eigenvalue weighted by atomic mass is 32.2. The van der Waals surface area contributed by atoms with Crippen molar-refractivity contribution in [1.82, 2.24) is 0 Å². The molecule has 0 bridgehead atoms. The second-order valence-corrected chi connectivity index (χ2v) is 7.22. The first-order valence-corrected chi connectivity index (χ1v) is 8.44. The van der Waals surface area contributed by atoms with Gasteiger partial charge in [0.1, 0.15) is 5.75 Å². The fourth-order valence-corrected chi connectivity index (χ4v) is 4.42. The predicted octanol–water partition coefficient (Wildman–Crippen LogP) is 1.94. The average molecular weight is 284 g/mol. The third-order valence-electron chi connectivity index (χ3n) is 3.46. The molecule has 0 spiro atoms. The van der Waals surface area contributed by atoms with E-state index in [0.29, 0.717) is 25.2 Å². The van der Waals surface area contributed by atoms with Crippen molar-refractivity contribution in [3.8, 4) is 5.75 Å². The van der Waals surface area contributed by atoms with Gasteiger partial charge in [-0.25, -0.2) is 8.42 Å². The first kappa shape index (κ1) is 14.3. The minimum absolute atomic E-state index is 0.0506. The molecule has 0 saturated carbocycles. The highest BCUT2D eigenvalue weighted by Gasteiger charge is 2.30. The Hall–Kier alpha value is -1.07. The van der Waals surface area contributed by atoms with Crippen LogP contribution < -0.4 is 4.74 Å². The fraction of sp³-hybridized carbons (Fsp3) is 0.571. The molecular weight excluding hydrogens is 264 g/mol. The largest absolute Gasteiger partial charge is 0.493 e. The van der Waals surface area contributed by atoms with Crippen molar-refractivity contribution in [2.45, 2.75) is 25.9 Å². The van der Waals surface area contributed by atoms with Gasteiger partial charge in [-0.2, -0.15) is 0 Å². The number of hydrogen-bond acceptors (Lipinski definition) is 4. The van der Waals surface area contributed by atoms with Crippen molar-refractivity contribution in [1.29, 1.82) is 0 Å². The fourth-order valence-electron chi connectivity index (χ4n) is 2.54. The van der Waals surface area contributed by atoms with Crippen LogP contribution >= 0.6 is 0 Å². The lowest BCUT2D eigenvalue weighted by molar-refractivity contribution is 0.144. The molecule has 1 aromatic carbocycles. The first-order valence-electron chi connectivity index (χ1n) is 6.62. The number of aliphatic hydroxyl groups excluding tert-OH is 1. The van der Waals surface area contributed by atoms with Gasteiger partial charge in [0.25, 0.3) is 0 Å². The standard InChI is InChI=1S/C14H20O4S/c1-2-18-14-6-4-3-5-12(14)13(15)9-11-7-8-19(16,17)10-11/h3-6,11,13,15H,2,7-10H2,1H3. The normalized spacial score (nSPS) is 23.2. The second-order valence-electron chi connectivity index (χ2n) is 4.99. The summed E-state index contributed by atoms with van der Waals surface area (Å²) in [6.45, 7) is 2.44. The smallest absolute Gasteiger partial charge is 0.150 e. The Bertz CT molecular complexity index is 524. The summed E-state index contributed by atoms with van der Waals surface area (Å²) < 4.78 is 28.3. The molecular formula is C14H20O4S. The third kappa shape index (κ3) is 3.70. The number of hydrogen-bond donors (Lipinski definition) is 1. The Kier molecular flexibility index (Phi) is 4.47. The zero-order valence-corrected chi connectivity index (χ0v) is 11.9. The van der Waals surface area contributed by atoms with Crippen LogP contribution in [0, 0.1) is 5.92 Å². The topological polar surface area (TPSA) is 63.6 Å². The molecule has 1 aliphatic rings. The zero-order chi connectivity index (χ0) is 13.9. The number of aliphatic hydroxyl groups is 1. The van der Waals surface area contributed by atoms with Gasteiger partial charge in [0.2, 0.25) is 0 Å². The van der Waals surface area contributed by atoms with E-state index >= 15 is 0 Å². The van der Waals surface area contributed by atoms with Crippen LogP contribution in [0.25, 0.3) is 0 Å². The summed E-state index contributed by atoms with van der Waals surface area (Å²) in [6.07, 6.45) is 0.459. The minimum Gasteiger partial charge on any atom is -0.493 e. The molecule has 1 saturated heterocycles. The van der Waals surface area contributed by atoms with Gasteiger partial charge in [0.15, 0.2) is 9.84 Å². The van der Waals surface area contributed by atoms with Gasteiger partial charge in [-0.3, -0.25) is 0 Å². The Morgan fingerprint density at radius 2 is 2.16 bits per heavy atom. The van der Waals surface area contributed by atoms with Gasteiger partial charge in [-0.1, -0.05) is 18.2 Å². The van der Waals surface area contributed by atoms with E-state index in [9.17, 15) is 13.5 Å². The molecule has 0 amide bonds. The quantitative estimate of drug-likeness (QED) is 0.897. The first-order chi connectivity index (χ1) is 9.02. The maximum atomic E-state index is 11.4. The van der Waals surface area contributed by atoms with Crippen molar-refractivity contribution in [3.63, 3.8) is 0 Å². The van der Waals surface area contributed by atoms with Crippen molar-refractivity contribution >= 4 is 9.84 Å². The molecule has 0 aliphatic carbocycles. The van der Waals surface area contributed by atoms with E-state index < -0.39 is 15.9 Å². The number of ether oxygens (including phenoxy) is 1. The molecule has 5 heteroatoms. The van der Waals surface area contributed by atoms with Gasteiger partial charge >= 0.3 is 0 Å². The Morgan fingerprint density at radius 1 is 1.42 bits per heavy atom. The zero-order valence-electron chi connectivity index (χ0n) is 11.1. The summed E-state index contributed by atoms with van der Waals surface area (Å²) in [6, 6.07) is 7.38. The highest BCUT2D eigenvalue weighted by molar-refractivity contribution is 7.91. The Labute approximate surface area is 114 Å². The SMILES string of the molecule is CCOc1ccccc1C(O)CC1CCS(=O)(=O)C1. The molecule has 0 radical (unpaired) electrons. The van der Waals surface area contributed by atoms with Crippen molar-refractivity contribution in [2.24, 2.45) is 5.92 Å². The van der Waals surface area contributed by atoms with E-state index in [4.69, 9.17) is 4.74 Å². The summed E-state index contributed by atoms with van der Waals surface area (Å²) >= 11 is 0. The summed E-state index contributed by atoms with van der Waals surface area (Å²) in [7, 11) is -2.89. The Balaban J connectivity index is 2.06. The van der Waals surface area contributed by atoms with Gasteiger partial charge in [0, 0.05) is 5.56 Å². The lowest BCUT2D eigenvalue weighted by Crippen LogP contribution is -2.10. The van der Waals surface area contributed by atoms with Crippen molar-refractivity contribution < 1.29 is 18.3 Å². The average Bonchev–Trinajstić information content (AvgIpc) is 2.69. The van der Waals surface area contributed by atoms with Crippen LogP contribution in [-0.2, 0) is 9.84 Å². The van der Waals surface area contributed by atoms with Crippen LogP contribution in [0.15, 0.2) is 24.3 Å². The van der Waals surface area contributed by atoms with Crippen LogP contribution in [0.4, 0.5) is 0 Å². The molecule has 2 unspecified atom stereocenters. The summed E-state index contributed by atoms with van der Waals surface area (Å²) in [5.74, 6) is 1.17. The third-order valence-corrected chi connectivity index (χ3v) is 5.30. The molecule has 4 nitrogen and oxygen atoms in total. The summed E-state index contributed by atoms with van der Waals surface area (Å²) in [5, 5.41) is 10.3. The van der Waals surface area contributed by atoms with Gasteiger partial charge in [-0.15, -0.1) is 0 Å². The van der Waals surface area contributed by atoms with Crippen LogP contribution in [0.3, 0.4) is 0 Å². The lowest BCUT2D eigenvalue weighted by atomic mass is 9.96. The summed E-state index contributed by atoms with van der Waals surface area (Å²) in [4.78, 5) is 0. The number of benzene rings is 1. The highest BCUT2D eigenvalue weighted by Crippen LogP contribution is 2.33. The molecule has 2 atom stereocenters. The van der Waals surface area contributed by atoms with E-state index in [-0.39, 0.29) is 17.4 Å². The van der Waals surface area contributed by atoms with E-state index in [1.807, 2.05) is 31.2 Å². The molecule has 1 N–H and O–H groups in total. The van der Waals surface area contributed by atoms with Crippen LogP contribution in [0.2, 0.25) is 0 Å². The molecule has 1 fully saturated rings. The van der Waals surface area contributed by atoms with Crippen molar-refractivity contribution in [3.05, 3.63) is 29.8 Å². The number of para-hydroxylation sites is 1. The Morgan fingerprint density at radius 3 is 2.79 bits per heavy atom. The number of sulfone groups is 1. The van der Waals surface area contributed by atoms with Crippen LogP contribution in [-0.4, -0.2) is 31.6 Å². The molecule has 2 rings (SSSR count). The predicted molar refractivity (Wildman–Crippen MR) is 73.9 cm³/mol. The molecule has 1 aromatic rings. The van der Waals surface area contributed by atoms with Crippen molar-refractivity contribution in [2.75, 3.05) is 18.1 Å². The maximum absolute atomic E-state index is 11.4. The lowest BCUT2D eigenvalue weighted by Gasteiger charge is -2.18. The molecule has 1 aliphatic heterocycles. The molecule has 19 heavy (non-hydrogen) atoms. The molecule has 106 valence electrons. The van der Waals surface area contributed by atoms with Crippen LogP contribution in [0.5, 0.6) is 5.75 Å². The molecule has 1 heterocycles. The minimum atomic E-state index is -2.89. The summed E-state index contributed by atoms with van der Waals surface area (Å²) in [5.41, 5.74) is 0.744. The monoisotopic (exact) mass is 284 g/mol. The van der Waals surface area contributed by atoms with Gasteiger partial charge < -0.3 is 9.84 Å². The van der Waals surface area contributed by atoms with E-state index in [2.05, 4.69) is 0 Å². The molecule has 0 aromatic heterocycles. The second kappa shape index (κ2) is 5.92. The van der Waals surface area contributed by atoms with Gasteiger partial charge in [0.05, 0.1) is 24.2 Å². The maximum Gasteiger partial charge on any atom is 0.150 e. The number of rotatable bonds is 5.